The zero-order valence-electron chi connectivity index (χ0n) is 13.1. The Morgan fingerprint density at radius 1 is 1.43 bits per heavy atom. The third-order valence-electron chi connectivity index (χ3n) is 3.00. The molecule has 0 aliphatic rings. The van der Waals surface area contributed by atoms with Crippen molar-refractivity contribution in [2.75, 3.05) is 5.32 Å². The van der Waals surface area contributed by atoms with Crippen molar-refractivity contribution in [2.45, 2.75) is 41.2 Å². The van der Waals surface area contributed by atoms with Crippen molar-refractivity contribution in [3.8, 4) is 0 Å². The molecule has 0 aliphatic heterocycles. The van der Waals surface area contributed by atoms with E-state index in [0.29, 0.717) is 11.7 Å². The molecule has 2 aromatic heterocycles. The summed E-state index contributed by atoms with van der Waals surface area (Å²) >= 11 is 3.42. The van der Waals surface area contributed by atoms with Crippen molar-refractivity contribution in [1.82, 2.24) is 14.8 Å². The molecular weight excluding hydrogens is 332 g/mol. The summed E-state index contributed by atoms with van der Waals surface area (Å²) in [4.78, 5) is 16.6. The number of rotatable bonds is 3. The van der Waals surface area contributed by atoms with E-state index in [0.717, 1.165) is 22.1 Å². The summed E-state index contributed by atoms with van der Waals surface area (Å²) in [5.74, 6) is 0.961. The number of halogens is 1. The molecule has 2 rings (SSSR count). The minimum atomic E-state index is -0.465. The van der Waals surface area contributed by atoms with Crippen LogP contribution < -0.4 is 5.32 Å². The highest BCUT2D eigenvalue weighted by atomic mass is 79.9. The van der Waals surface area contributed by atoms with E-state index in [1.807, 2.05) is 31.5 Å². The third-order valence-corrected chi connectivity index (χ3v) is 3.44. The number of fused-ring (bicyclic) bond motifs is 1. The molecule has 0 radical (unpaired) electrons. The van der Waals surface area contributed by atoms with Crippen molar-refractivity contribution in [3.63, 3.8) is 0 Å². The molecule has 0 saturated carbocycles. The second-order valence-electron chi connectivity index (χ2n) is 6.65. The summed E-state index contributed by atoms with van der Waals surface area (Å²) in [5.41, 5.74) is 0.323. The number of nitrogens with one attached hydrogen (secondary N) is 1. The van der Waals surface area contributed by atoms with Crippen LogP contribution in [0.3, 0.4) is 0 Å². The fourth-order valence-corrected chi connectivity index (χ4v) is 2.23. The van der Waals surface area contributed by atoms with Crippen molar-refractivity contribution >= 4 is 38.7 Å². The highest BCUT2D eigenvalue weighted by molar-refractivity contribution is 9.10. The van der Waals surface area contributed by atoms with Gasteiger partial charge in [-0.15, -0.1) is 0 Å². The number of hydrogen-bond acceptors (Lipinski definition) is 3. The van der Waals surface area contributed by atoms with Gasteiger partial charge < -0.3 is 5.32 Å². The maximum atomic E-state index is 12.2. The van der Waals surface area contributed by atoms with Gasteiger partial charge in [-0.2, -0.15) is 5.10 Å². The number of hydrogen-bond donors (Lipinski definition) is 1. The van der Waals surface area contributed by atoms with Crippen molar-refractivity contribution in [2.24, 2.45) is 11.3 Å². The number of aromatic nitrogens is 3. The maximum absolute atomic E-state index is 12.2. The number of carbonyl (C=O) groups is 1. The van der Waals surface area contributed by atoms with Crippen LogP contribution in [0.2, 0.25) is 0 Å². The van der Waals surface area contributed by atoms with Gasteiger partial charge in [0.05, 0.1) is 5.39 Å². The second kappa shape index (κ2) is 5.75. The van der Waals surface area contributed by atoms with Gasteiger partial charge in [0, 0.05) is 22.6 Å². The maximum Gasteiger partial charge on any atom is 0.230 e. The third kappa shape index (κ3) is 3.61. The van der Waals surface area contributed by atoms with Crippen LogP contribution in [0.15, 0.2) is 16.7 Å². The number of pyridine rings is 1. The Bertz CT molecular complexity index is 670. The molecule has 0 bridgehead atoms. The van der Waals surface area contributed by atoms with Crippen LogP contribution in [-0.4, -0.2) is 20.7 Å². The first kappa shape index (κ1) is 15.9. The monoisotopic (exact) mass is 352 g/mol. The lowest BCUT2D eigenvalue weighted by molar-refractivity contribution is -0.123. The molecule has 2 heterocycles. The van der Waals surface area contributed by atoms with E-state index in [4.69, 9.17) is 0 Å². The van der Waals surface area contributed by atoms with E-state index in [1.54, 1.807) is 6.20 Å². The van der Waals surface area contributed by atoms with Gasteiger partial charge >= 0.3 is 0 Å². The molecule has 5 nitrogen and oxygen atoms in total. The Balaban J connectivity index is 2.47. The van der Waals surface area contributed by atoms with Gasteiger partial charge in [0.2, 0.25) is 5.91 Å². The quantitative estimate of drug-likeness (QED) is 0.912. The normalized spacial score (nSPS) is 12.1. The molecule has 0 fully saturated rings. The summed E-state index contributed by atoms with van der Waals surface area (Å²) < 4.78 is 2.72. The van der Waals surface area contributed by atoms with Crippen LogP contribution in [0, 0.1) is 11.3 Å². The molecule has 1 N–H and O–H groups in total. The lowest BCUT2D eigenvalue weighted by atomic mass is 9.96. The Hall–Kier alpha value is -1.43. The van der Waals surface area contributed by atoms with Gasteiger partial charge in [-0.1, -0.05) is 34.6 Å². The van der Waals surface area contributed by atoms with E-state index >= 15 is 0 Å². The van der Waals surface area contributed by atoms with Crippen LogP contribution in [-0.2, 0) is 11.3 Å². The van der Waals surface area contributed by atoms with E-state index < -0.39 is 5.41 Å². The van der Waals surface area contributed by atoms with Crippen LogP contribution in [0.4, 0.5) is 5.82 Å². The van der Waals surface area contributed by atoms with Gasteiger partial charge in [0.1, 0.15) is 0 Å². The molecule has 0 atom stereocenters. The van der Waals surface area contributed by atoms with E-state index in [2.05, 4.69) is 45.2 Å². The number of nitrogens with zero attached hydrogens (tertiary/aromatic N) is 3. The molecule has 2 aromatic rings. The van der Waals surface area contributed by atoms with Crippen LogP contribution in [0.25, 0.3) is 11.0 Å². The Morgan fingerprint density at radius 2 is 2.10 bits per heavy atom. The van der Waals surface area contributed by atoms with Crippen LogP contribution >= 0.6 is 15.9 Å². The van der Waals surface area contributed by atoms with E-state index in [-0.39, 0.29) is 5.91 Å². The predicted molar refractivity (Wildman–Crippen MR) is 88.2 cm³/mol. The Labute approximate surface area is 133 Å². The molecule has 6 heteroatoms. The summed E-state index contributed by atoms with van der Waals surface area (Å²) in [7, 11) is 0. The SMILES string of the molecule is CC(C)Cn1nc(NC(=O)C(C)(C)C)c2cc(Br)cnc21. The van der Waals surface area contributed by atoms with Crippen LogP contribution in [0.5, 0.6) is 0 Å². The summed E-state index contributed by atoms with van der Waals surface area (Å²) in [6.07, 6.45) is 1.75. The first-order chi connectivity index (χ1) is 9.68. The van der Waals surface area contributed by atoms with Gasteiger partial charge in [0.25, 0.3) is 0 Å². The van der Waals surface area contributed by atoms with E-state index in [1.165, 1.54) is 0 Å². The predicted octanol–water partition coefficient (Wildman–Crippen LogP) is 3.83. The average Bonchev–Trinajstić information content (AvgIpc) is 2.65. The standard InChI is InChI=1S/C15H21BrN4O/c1-9(2)8-20-13-11(6-10(16)7-17-13)12(19-20)18-14(21)15(3,4)5/h6-7,9H,8H2,1-5H3,(H,18,19,21). The molecule has 0 spiro atoms. The number of anilines is 1. The highest BCUT2D eigenvalue weighted by Gasteiger charge is 2.24. The molecule has 0 saturated heterocycles. The van der Waals surface area contributed by atoms with Crippen molar-refractivity contribution in [1.29, 1.82) is 0 Å². The molecular formula is C15H21BrN4O. The smallest absolute Gasteiger partial charge is 0.230 e. The van der Waals surface area contributed by atoms with Gasteiger partial charge in [-0.05, 0) is 27.9 Å². The molecule has 0 aromatic carbocycles. The molecule has 1 amide bonds. The number of carbonyl (C=O) groups excluding carboxylic acids is 1. The molecule has 0 aliphatic carbocycles. The zero-order valence-corrected chi connectivity index (χ0v) is 14.7. The minimum Gasteiger partial charge on any atom is -0.308 e. The summed E-state index contributed by atoms with van der Waals surface area (Å²) in [6.45, 7) is 10.6. The molecule has 0 unspecified atom stereocenters. The summed E-state index contributed by atoms with van der Waals surface area (Å²) in [5, 5.41) is 8.29. The Kier molecular flexibility index (Phi) is 4.37. The fourth-order valence-electron chi connectivity index (χ4n) is 1.89. The second-order valence-corrected chi connectivity index (χ2v) is 7.57. The van der Waals surface area contributed by atoms with Crippen molar-refractivity contribution < 1.29 is 4.79 Å². The van der Waals surface area contributed by atoms with Crippen molar-refractivity contribution in [3.05, 3.63) is 16.7 Å². The largest absolute Gasteiger partial charge is 0.308 e. The zero-order chi connectivity index (χ0) is 15.8. The fraction of sp³-hybridized carbons (Fsp3) is 0.533. The molecule has 21 heavy (non-hydrogen) atoms. The molecule has 114 valence electrons. The van der Waals surface area contributed by atoms with Gasteiger partial charge in [-0.3, -0.25) is 4.79 Å². The number of amides is 1. The van der Waals surface area contributed by atoms with Gasteiger partial charge in [0.15, 0.2) is 11.5 Å². The first-order valence-corrected chi connectivity index (χ1v) is 7.81. The first-order valence-electron chi connectivity index (χ1n) is 7.02. The summed E-state index contributed by atoms with van der Waals surface area (Å²) in [6, 6.07) is 1.93. The topological polar surface area (TPSA) is 59.8 Å². The van der Waals surface area contributed by atoms with E-state index in [9.17, 15) is 4.79 Å². The highest BCUT2D eigenvalue weighted by Crippen LogP contribution is 2.26. The lowest BCUT2D eigenvalue weighted by Crippen LogP contribution is -2.28. The van der Waals surface area contributed by atoms with Gasteiger partial charge in [-0.25, -0.2) is 9.67 Å². The lowest BCUT2D eigenvalue weighted by Gasteiger charge is -2.16. The average molecular weight is 353 g/mol. The minimum absolute atomic E-state index is 0.0569. The Morgan fingerprint density at radius 3 is 2.67 bits per heavy atom. The van der Waals surface area contributed by atoms with Crippen LogP contribution in [0.1, 0.15) is 34.6 Å².